The zero-order valence-corrected chi connectivity index (χ0v) is 11.5. The summed E-state index contributed by atoms with van der Waals surface area (Å²) in [4.78, 5) is 13.2. The number of hydrogen-bond acceptors (Lipinski definition) is 2. The third kappa shape index (κ3) is 5.01. The molecule has 3 nitrogen and oxygen atoms in total. The molecule has 2 N–H and O–H groups in total. The molecule has 0 aromatic rings. The average Bonchev–Trinajstić information content (AvgIpc) is 2.48. The molecule has 6 heteroatoms. The molecule has 112 valence electrons. The van der Waals surface area contributed by atoms with Crippen molar-refractivity contribution in [2.24, 2.45) is 11.7 Å². The zero-order valence-electron chi connectivity index (χ0n) is 11.5. The summed E-state index contributed by atoms with van der Waals surface area (Å²) in [5.74, 6) is -0.908. The summed E-state index contributed by atoms with van der Waals surface area (Å²) < 4.78 is 37.6. The molecule has 1 aliphatic rings. The summed E-state index contributed by atoms with van der Waals surface area (Å²) in [6.07, 6.45) is -0.240. The molecule has 0 heterocycles. The van der Waals surface area contributed by atoms with Gasteiger partial charge in [-0.2, -0.15) is 13.2 Å². The lowest BCUT2D eigenvalue weighted by Crippen LogP contribution is -2.49. The molecule has 1 aliphatic carbocycles. The van der Waals surface area contributed by atoms with Crippen molar-refractivity contribution in [2.45, 2.75) is 64.2 Å². The monoisotopic (exact) mass is 280 g/mol. The molecule has 1 amide bonds. The van der Waals surface area contributed by atoms with Crippen LogP contribution in [0.4, 0.5) is 13.2 Å². The molecular weight excluding hydrogens is 257 g/mol. The summed E-state index contributed by atoms with van der Waals surface area (Å²) in [7, 11) is 0. The van der Waals surface area contributed by atoms with Crippen LogP contribution in [0.5, 0.6) is 0 Å². The molecule has 0 saturated heterocycles. The molecule has 2 atom stereocenters. The van der Waals surface area contributed by atoms with Crippen molar-refractivity contribution in [3.63, 3.8) is 0 Å². The smallest absolute Gasteiger partial charge is 0.331 e. The number of nitrogens with zero attached hydrogens (tertiary/aromatic N) is 1. The molecule has 0 spiro atoms. The molecule has 0 aromatic carbocycles. The summed E-state index contributed by atoms with van der Waals surface area (Å²) >= 11 is 0. The predicted molar refractivity (Wildman–Crippen MR) is 67.5 cm³/mol. The van der Waals surface area contributed by atoms with Gasteiger partial charge >= 0.3 is 6.18 Å². The van der Waals surface area contributed by atoms with Gasteiger partial charge in [-0.3, -0.25) is 4.79 Å². The number of carbonyl (C=O) groups is 1. The van der Waals surface area contributed by atoms with Crippen LogP contribution >= 0.6 is 0 Å². The molecule has 0 aromatic heterocycles. The molecule has 0 radical (unpaired) electrons. The normalized spacial score (nSPS) is 25.2. The standard InChI is InChI=1S/C13H23F3N2O/c1-9(2)18(8-13(14,15)16)12(19)10-6-4-3-5-7-11(10)17/h9-11H,3-8,17H2,1-2H3. The third-order valence-corrected chi connectivity index (χ3v) is 3.64. The molecule has 19 heavy (non-hydrogen) atoms. The van der Waals surface area contributed by atoms with Crippen LogP contribution in [-0.2, 0) is 4.79 Å². The highest BCUT2D eigenvalue weighted by Crippen LogP contribution is 2.26. The fourth-order valence-corrected chi connectivity index (χ4v) is 2.56. The van der Waals surface area contributed by atoms with Gasteiger partial charge in [-0.1, -0.05) is 19.3 Å². The number of hydrogen-bond donors (Lipinski definition) is 1. The molecule has 1 rings (SSSR count). The molecule has 1 saturated carbocycles. The molecule has 0 aliphatic heterocycles. The minimum Gasteiger partial charge on any atom is -0.331 e. The van der Waals surface area contributed by atoms with Gasteiger partial charge in [0.2, 0.25) is 5.91 Å². The van der Waals surface area contributed by atoms with Gasteiger partial charge in [-0.25, -0.2) is 0 Å². The van der Waals surface area contributed by atoms with Crippen LogP contribution < -0.4 is 5.73 Å². The Morgan fingerprint density at radius 1 is 1.26 bits per heavy atom. The molecule has 2 unspecified atom stereocenters. The van der Waals surface area contributed by atoms with Crippen LogP contribution in [0.1, 0.15) is 46.0 Å². The quantitative estimate of drug-likeness (QED) is 0.808. The van der Waals surface area contributed by atoms with E-state index in [9.17, 15) is 18.0 Å². The first-order valence-corrected chi connectivity index (χ1v) is 6.85. The van der Waals surface area contributed by atoms with E-state index in [0.717, 1.165) is 24.2 Å². The van der Waals surface area contributed by atoms with Crippen molar-refractivity contribution in [3.8, 4) is 0 Å². The summed E-state index contributed by atoms with van der Waals surface area (Å²) in [6, 6.07) is -0.783. The lowest BCUT2D eigenvalue weighted by molar-refractivity contribution is -0.167. The van der Waals surface area contributed by atoms with Crippen molar-refractivity contribution in [3.05, 3.63) is 0 Å². The average molecular weight is 280 g/mol. The van der Waals surface area contributed by atoms with Crippen molar-refractivity contribution in [1.82, 2.24) is 4.90 Å². The Morgan fingerprint density at radius 3 is 2.37 bits per heavy atom. The number of carbonyl (C=O) groups excluding carboxylic acids is 1. The minimum atomic E-state index is -4.37. The maximum Gasteiger partial charge on any atom is 0.406 e. The van der Waals surface area contributed by atoms with Gasteiger partial charge in [0.05, 0.1) is 5.92 Å². The van der Waals surface area contributed by atoms with E-state index in [1.54, 1.807) is 13.8 Å². The Bertz CT molecular complexity index is 305. The van der Waals surface area contributed by atoms with E-state index in [1.807, 2.05) is 0 Å². The largest absolute Gasteiger partial charge is 0.406 e. The fourth-order valence-electron chi connectivity index (χ4n) is 2.56. The second-order valence-corrected chi connectivity index (χ2v) is 5.58. The zero-order chi connectivity index (χ0) is 14.6. The first-order valence-electron chi connectivity index (χ1n) is 6.85. The highest BCUT2D eigenvalue weighted by molar-refractivity contribution is 5.80. The second-order valence-electron chi connectivity index (χ2n) is 5.58. The number of alkyl halides is 3. The Hall–Kier alpha value is -0.780. The van der Waals surface area contributed by atoms with Gasteiger partial charge < -0.3 is 10.6 Å². The van der Waals surface area contributed by atoms with Crippen molar-refractivity contribution < 1.29 is 18.0 Å². The first-order chi connectivity index (χ1) is 8.72. The van der Waals surface area contributed by atoms with E-state index >= 15 is 0 Å². The van der Waals surface area contributed by atoms with E-state index in [-0.39, 0.29) is 6.04 Å². The van der Waals surface area contributed by atoms with Gasteiger partial charge in [0.15, 0.2) is 0 Å². The number of nitrogens with two attached hydrogens (primary N) is 1. The van der Waals surface area contributed by atoms with Crippen LogP contribution in [0.2, 0.25) is 0 Å². The van der Waals surface area contributed by atoms with Gasteiger partial charge in [0, 0.05) is 12.1 Å². The van der Waals surface area contributed by atoms with E-state index in [0.29, 0.717) is 12.8 Å². The summed E-state index contributed by atoms with van der Waals surface area (Å²) in [5, 5.41) is 0. The lowest BCUT2D eigenvalue weighted by atomic mass is 9.93. The topological polar surface area (TPSA) is 46.3 Å². The Balaban J connectivity index is 2.80. The Kier molecular flexibility index (Phi) is 5.64. The first kappa shape index (κ1) is 16.3. The highest BCUT2D eigenvalue weighted by Gasteiger charge is 2.38. The van der Waals surface area contributed by atoms with Gasteiger partial charge in [-0.15, -0.1) is 0 Å². The van der Waals surface area contributed by atoms with Crippen LogP contribution in [0, 0.1) is 5.92 Å². The Labute approximate surface area is 112 Å². The SMILES string of the molecule is CC(C)N(CC(F)(F)F)C(=O)C1CCCCCC1N. The van der Waals surface area contributed by atoms with E-state index in [1.165, 1.54) is 0 Å². The predicted octanol–water partition coefficient (Wildman–Crippen LogP) is 2.69. The highest BCUT2D eigenvalue weighted by atomic mass is 19.4. The maximum absolute atomic E-state index is 12.5. The molecular formula is C13H23F3N2O. The van der Waals surface area contributed by atoms with E-state index in [2.05, 4.69) is 0 Å². The van der Waals surface area contributed by atoms with Crippen molar-refractivity contribution >= 4 is 5.91 Å². The van der Waals surface area contributed by atoms with Crippen molar-refractivity contribution in [1.29, 1.82) is 0 Å². The van der Waals surface area contributed by atoms with Crippen LogP contribution in [0.15, 0.2) is 0 Å². The second kappa shape index (κ2) is 6.59. The van der Waals surface area contributed by atoms with Gasteiger partial charge in [0.25, 0.3) is 0 Å². The Morgan fingerprint density at radius 2 is 1.84 bits per heavy atom. The summed E-state index contributed by atoms with van der Waals surface area (Å²) in [5.41, 5.74) is 5.95. The van der Waals surface area contributed by atoms with Crippen LogP contribution in [-0.4, -0.2) is 35.6 Å². The van der Waals surface area contributed by atoms with E-state index in [4.69, 9.17) is 5.73 Å². The maximum atomic E-state index is 12.5. The van der Waals surface area contributed by atoms with Gasteiger partial charge in [-0.05, 0) is 26.7 Å². The van der Waals surface area contributed by atoms with Crippen LogP contribution in [0.25, 0.3) is 0 Å². The third-order valence-electron chi connectivity index (χ3n) is 3.64. The van der Waals surface area contributed by atoms with E-state index < -0.39 is 30.6 Å². The van der Waals surface area contributed by atoms with Crippen molar-refractivity contribution in [2.75, 3.05) is 6.54 Å². The van der Waals surface area contributed by atoms with Gasteiger partial charge in [0.1, 0.15) is 6.54 Å². The molecule has 0 bridgehead atoms. The molecule has 1 fully saturated rings. The number of halogens is 3. The number of rotatable bonds is 3. The summed E-state index contributed by atoms with van der Waals surface area (Å²) in [6.45, 7) is 2.02. The van der Waals surface area contributed by atoms with Crippen LogP contribution in [0.3, 0.4) is 0 Å². The fraction of sp³-hybridized carbons (Fsp3) is 0.923. The lowest BCUT2D eigenvalue weighted by Gasteiger charge is -2.32. The minimum absolute atomic E-state index is 0.315. The number of amides is 1.